The van der Waals surface area contributed by atoms with Gasteiger partial charge < -0.3 is 0 Å². The fraction of sp³-hybridized carbons (Fsp3) is 0.400. The average molecular weight is 194 g/mol. The van der Waals surface area contributed by atoms with Gasteiger partial charge in [0.2, 0.25) is 17.1 Å². The molecule has 9 heteroatoms. The molecule has 2 unspecified atom stereocenters. The van der Waals surface area contributed by atoms with Crippen LogP contribution in [0.2, 0.25) is 0 Å². The van der Waals surface area contributed by atoms with E-state index in [9.17, 15) is 4.79 Å². The van der Waals surface area contributed by atoms with Crippen molar-refractivity contribution in [3.8, 4) is 0 Å². The Kier molecular flexibility index (Phi) is 1.59. The lowest BCUT2D eigenvalue weighted by molar-refractivity contribution is -0.124. The van der Waals surface area contributed by atoms with E-state index in [4.69, 9.17) is 11.5 Å². The van der Waals surface area contributed by atoms with Gasteiger partial charge in [-0.1, -0.05) is 0 Å². The molecule has 0 saturated heterocycles. The van der Waals surface area contributed by atoms with E-state index in [0.717, 1.165) is 12.4 Å². The van der Waals surface area contributed by atoms with Crippen LogP contribution < -0.4 is 11.5 Å². The first-order valence-electron chi connectivity index (χ1n) is 3.62. The first kappa shape index (κ1) is 8.72. The highest BCUT2D eigenvalue weighted by atomic mass is 16.1. The Morgan fingerprint density at radius 3 is 1.71 bits per heavy atom. The second-order valence-corrected chi connectivity index (χ2v) is 2.85. The molecule has 0 aromatic rings. The summed E-state index contributed by atoms with van der Waals surface area (Å²) in [4.78, 5) is 11.8. The summed E-state index contributed by atoms with van der Waals surface area (Å²) in [7, 11) is 0. The summed E-state index contributed by atoms with van der Waals surface area (Å²) in [6.07, 6.45) is 2.18. The summed E-state index contributed by atoms with van der Waals surface area (Å²) >= 11 is 0. The minimum absolute atomic E-state index is 0.681. The SMILES string of the molecule is NC1(C(=O)C2(N)C=NN=N2)C=NN=N1. The van der Waals surface area contributed by atoms with E-state index in [1.54, 1.807) is 0 Å². The van der Waals surface area contributed by atoms with Crippen LogP contribution in [0.4, 0.5) is 0 Å². The Bertz CT molecular complexity index is 333. The van der Waals surface area contributed by atoms with Gasteiger partial charge in [0.1, 0.15) is 0 Å². The predicted octanol–water partition coefficient (Wildman–Crippen LogP) is -1.23. The first-order chi connectivity index (χ1) is 6.57. The minimum atomic E-state index is -1.66. The molecule has 0 amide bonds. The highest BCUT2D eigenvalue weighted by Gasteiger charge is 2.48. The van der Waals surface area contributed by atoms with Crippen LogP contribution >= 0.6 is 0 Å². The molecule has 4 N–H and O–H groups in total. The Balaban J connectivity index is 2.33. The first-order valence-corrected chi connectivity index (χ1v) is 3.62. The van der Waals surface area contributed by atoms with Gasteiger partial charge in [0.05, 0.1) is 12.4 Å². The third kappa shape index (κ3) is 1.07. The van der Waals surface area contributed by atoms with E-state index in [0.29, 0.717) is 0 Å². The van der Waals surface area contributed by atoms with Crippen molar-refractivity contribution in [1.82, 2.24) is 0 Å². The molecular formula is C5H6N8O. The molecule has 14 heavy (non-hydrogen) atoms. The van der Waals surface area contributed by atoms with Crippen LogP contribution in [-0.2, 0) is 4.79 Å². The van der Waals surface area contributed by atoms with Gasteiger partial charge in [-0.05, 0) is 10.4 Å². The number of ketones is 1. The van der Waals surface area contributed by atoms with Crippen LogP contribution in [-0.4, -0.2) is 29.5 Å². The van der Waals surface area contributed by atoms with Crippen molar-refractivity contribution >= 4 is 18.2 Å². The number of nitrogens with zero attached hydrogens (tertiary/aromatic N) is 6. The zero-order valence-corrected chi connectivity index (χ0v) is 6.90. The summed E-state index contributed by atoms with van der Waals surface area (Å²) in [6.45, 7) is 0. The second kappa shape index (κ2) is 2.56. The molecule has 9 nitrogen and oxygen atoms in total. The van der Waals surface area contributed by atoms with Gasteiger partial charge in [-0.15, -0.1) is 20.4 Å². The van der Waals surface area contributed by atoms with E-state index in [2.05, 4.69) is 30.9 Å². The van der Waals surface area contributed by atoms with E-state index < -0.39 is 17.1 Å². The number of carbonyl (C=O) groups is 1. The zero-order chi connectivity index (χ0) is 10.2. The number of carbonyl (C=O) groups excluding carboxylic acids is 1. The molecule has 0 aromatic heterocycles. The van der Waals surface area contributed by atoms with Gasteiger partial charge in [0.25, 0.3) is 0 Å². The Morgan fingerprint density at radius 2 is 1.43 bits per heavy atom. The smallest absolute Gasteiger partial charge is 0.232 e. The third-order valence-electron chi connectivity index (χ3n) is 1.76. The molecule has 72 valence electrons. The quantitative estimate of drug-likeness (QED) is 0.567. The average Bonchev–Trinajstić information content (AvgIpc) is 2.75. The largest absolute Gasteiger partial charge is 0.294 e. The van der Waals surface area contributed by atoms with Crippen LogP contribution in [0.15, 0.2) is 30.9 Å². The van der Waals surface area contributed by atoms with E-state index in [1.807, 2.05) is 0 Å². The van der Waals surface area contributed by atoms with E-state index >= 15 is 0 Å². The van der Waals surface area contributed by atoms with Crippen molar-refractivity contribution in [2.75, 3.05) is 0 Å². The van der Waals surface area contributed by atoms with Gasteiger partial charge in [0, 0.05) is 0 Å². The number of nitrogens with two attached hydrogens (primary N) is 2. The highest BCUT2D eigenvalue weighted by molar-refractivity contribution is 6.16. The zero-order valence-electron chi connectivity index (χ0n) is 6.90. The van der Waals surface area contributed by atoms with Crippen LogP contribution in [0, 0.1) is 0 Å². The Morgan fingerprint density at radius 1 is 1.00 bits per heavy atom. The van der Waals surface area contributed by atoms with Crippen molar-refractivity contribution in [3.05, 3.63) is 0 Å². The molecule has 0 spiro atoms. The Hall–Kier alpha value is -1.87. The summed E-state index contributed by atoms with van der Waals surface area (Å²) in [5, 5.41) is 20.1. The van der Waals surface area contributed by atoms with Crippen molar-refractivity contribution < 1.29 is 4.79 Å². The summed E-state index contributed by atoms with van der Waals surface area (Å²) in [6, 6.07) is 0. The molecule has 2 aliphatic heterocycles. The fourth-order valence-electron chi connectivity index (χ4n) is 1.01. The van der Waals surface area contributed by atoms with Crippen LogP contribution in [0.25, 0.3) is 0 Å². The lowest BCUT2D eigenvalue weighted by Crippen LogP contribution is -2.61. The monoisotopic (exact) mass is 194 g/mol. The van der Waals surface area contributed by atoms with Crippen molar-refractivity contribution in [3.63, 3.8) is 0 Å². The molecule has 2 atom stereocenters. The van der Waals surface area contributed by atoms with Crippen LogP contribution in [0.3, 0.4) is 0 Å². The van der Waals surface area contributed by atoms with Gasteiger partial charge in [0.15, 0.2) is 0 Å². The van der Waals surface area contributed by atoms with Gasteiger partial charge in [-0.25, -0.2) is 0 Å². The second-order valence-electron chi connectivity index (χ2n) is 2.85. The van der Waals surface area contributed by atoms with Crippen LogP contribution in [0.1, 0.15) is 0 Å². The normalized spacial score (nSPS) is 38.4. The van der Waals surface area contributed by atoms with Gasteiger partial charge in [-0.3, -0.25) is 16.3 Å². The maximum Gasteiger partial charge on any atom is 0.232 e. The van der Waals surface area contributed by atoms with Crippen molar-refractivity contribution in [1.29, 1.82) is 0 Å². The van der Waals surface area contributed by atoms with E-state index in [-0.39, 0.29) is 0 Å². The molecule has 0 saturated carbocycles. The molecule has 2 heterocycles. The number of hydrogen-bond acceptors (Lipinski definition) is 9. The number of Topliss-reactive ketones (excluding diaryl/α,β-unsaturated/α-hetero) is 1. The molecule has 2 rings (SSSR count). The molecule has 0 aromatic carbocycles. The summed E-state index contributed by atoms with van der Waals surface area (Å²) in [5.74, 6) is -0.681. The van der Waals surface area contributed by atoms with Gasteiger partial charge >= 0.3 is 0 Å². The standard InChI is InChI=1S/C5H6N8O/c6-4(1-8-12-10-4)3(14)5(7)2-9-13-11-5/h1-2H,6-7H2. The summed E-state index contributed by atoms with van der Waals surface area (Å²) in [5.41, 5.74) is 7.80. The predicted molar refractivity (Wildman–Crippen MR) is 45.5 cm³/mol. The topological polar surface area (TPSA) is 143 Å². The molecule has 0 fully saturated rings. The minimum Gasteiger partial charge on any atom is -0.294 e. The molecule has 0 radical (unpaired) electrons. The molecule has 0 bridgehead atoms. The number of rotatable bonds is 2. The Labute approximate surface area is 77.7 Å². The van der Waals surface area contributed by atoms with Crippen molar-refractivity contribution in [2.45, 2.75) is 11.3 Å². The molecule has 0 aliphatic carbocycles. The third-order valence-corrected chi connectivity index (χ3v) is 1.76. The lowest BCUT2D eigenvalue weighted by Gasteiger charge is -2.20. The van der Waals surface area contributed by atoms with E-state index in [1.165, 1.54) is 0 Å². The fourth-order valence-corrected chi connectivity index (χ4v) is 1.01. The summed E-state index contributed by atoms with van der Waals surface area (Å²) < 4.78 is 0. The van der Waals surface area contributed by atoms with Crippen molar-refractivity contribution in [2.24, 2.45) is 42.3 Å². The van der Waals surface area contributed by atoms with Crippen LogP contribution in [0.5, 0.6) is 0 Å². The molecule has 2 aliphatic rings. The maximum absolute atomic E-state index is 11.8. The molecular weight excluding hydrogens is 188 g/mol. The number of hydrogen-bond donors (Lipinski definition) is 2. The maximum atomic E-state index is 11.8. The van der Waals surface area contributed by atoms with Gasteiger partial charge in [-0.2, -0.15) is 0 Å². The highest BCUT2D eigenvalue weighted by Crippen LogP contribution is 2.19. The lowest BCUT2D eigenvalue weighted by atomic mass is 9.97.